The van der Waals surface area contributed by atoms with Crippen LogP contribution in [-0.4, -0.2) is 9.97 Å². The van der Waals surface area contributed by atoms with Crippen molar-refractivity contribution in [2.75, 3.05) is 0 Å². The molecule has 3 aromatic carbocycles. The number of thiazole rings is 2. The Morgan fingerprint density at radius 1 is 0.667 bits per heavy atom. The minimum absolute atomic E-state index is 0.846. The molecule has 2 aromatic heterocycles. The molecule has 4 nitrogen and oxygen atoms in total. The molecule has 0 aliphatic carbocycles. The summed E-state index contributed by atoms with van der Waals surface area (Å²) < 4.78 is 4.16. The zero-order chi connectivity index (χ0) is 20.5. The second-order valence-electron chi connectivity index (χ2n) is 6.90. The van der Waals surface area contributed by atoms with Crippen molar-refractivity contribution < 1.29 is 0 Å². The highest BCUT2D eigenvalue weighted by molar-refractivity contribution is 7.99. The molecule has 30 heavy (non-hydrogen) atoms. The van der Waals surface area contributed by atoms with E-state index in [1.165, 1.54) is 55.5 Å². The average Bonchev–Trinajstić information content (AvgIpc) is 3.39. The maximum absolute atomic E-state index is 5.71. The van der Waals surface area contributed by atoms with Crippen molar-refractivity contribution in [1.82, 2.24) is 9.97 Å². The molecule has 0 amide bonds. The summed E-state index contributed by atoms with van der Waals surface area (Å²) in [6.45, 7) is 0. The SMILES string of the molecule is NSc1nc2c(Cc3cccc(Cc4cccc5sc(SN)nc45)c3)cccc2s1. The van der Waals surface area contributed by atoms with Gasteiger partial charge in [0.05, 0.1) is 20.4 Å². The van der Waals surface area contributed by atoms with E-state index >= 15 is 0 Å². The molecule has 0 saturated heterocycles. The van der Waals surface area contributed by atoms with Gasteiger partial charge in [-0.05, 0) is 71.1 Å². The molecule has 4 N–H and O–H groups in total. The molecule has 5 rings (SSSR count). The predicted molar refractivity (Wildman–Crippen MR) is 131 cm³/mol. The number of aromatic nitrogens is 2. The summed E-state index contributed by atoms with van der Waals surface area (Å²) in [6.07, 6.45) is 1.69. The highest BCUT2D eigenvalue weighted by atomic mass is 32.2. The molecule has 8 heteroatoms. The summed E-state index contributed by atoms with van der Waals surface area (Å²) in [6, 6.07) is 21.5. The van der Waals surface area contributed by atoms with E-state index in [2.05, 4.69) is 60.7 Å². The van der Waals surface area contributed by atoms with Crippen molar-refractivity contribution in [3.63, 3.8) is 0 Å². The van der Waals surface area contributed by atoms with Crippen LogP contribution in [0.4, 0.5) is 0 Å². The number of benzene rings is 3. The van der Waals surface area contributed by atoms with Crippen LogP contribution in [0.1, 0.15) is 22.3 Å². The van der Waals surface area contributed by atoms with Gasteiger partial charge in [0, 0.05) is 0 Å². The van der Waals surface area contributed by atoms with Crippen LogP contribution in [0.2, 0.25) is 0 Å². The Morgan fingerprint density at radius 2 is 1.13 bits per heavy atom. The van der Waals surface area contributed by atoms with Crippen LogP contribution < -0.4 is 10.3 Å². The van der Waals surface area contributed by atoms with E-state index in [-0.39, 0.29) is 0 Å². The van der Waals surface area contributed by atoms with Gasteiger partial charge in [-0.15, -0.1) is 22.7 Å². The lowest BCUT2D eigenvalue weighted by Crippen LogP contribution is -1.94. The third kappa shape index (κ3) is 3.99. The zero-order valence-electron chi connectivity index (χ0n) is 15.9. The van der Waals surface area contributed by atoms with E-state index in [1.54, 1.807) is 22.7 Å². The van der Waals surface area contributed by atoms with Gasteiger partial charge in [-0.2, -0.15) is 0 Å². The predicted octanol–water partition coefficient (Wildman–Crippen LogP) is 6.02. The smallest absolute Gasteiger partial charge is 0.165 e. The molecule has 2 heterocycles. The molecule has 0 saturated carbocycles. The number of para-hydroxylation sites is 2. The summed E-state index contributed by atoms with van der Waals surface area (Å²) >= 11 is 5.71. The van der Waals surface area contributed by atoms with Gasteiger partial charge in [0.25, 0.3) is 0 Å². The highest BCUT2D eigenvalue weighted by Gasteiger charge is 2.11. The Balaban J connectivity index is 1.44. The van der Waals surface area contributed by atoms with Gasteiger partial charge in [0.1, 0.15) is 0 Å². The fraction of sp³-hybridized carbons (Fsp3) is 0.0909. The molecular formula is C22H18N4S4. The molecule has 0 unspecified atom stereocenters. The third-order valence-electron chi connectivity index (χ3n) is 4.95. The molecular weight excluding hydrogens is 449 g/mol. The van der Waals surface area contributed by atoms with Gasteiger partial charge in [-0.3, -0.25) is 10.3 Å². The largest absolute Gasteiger partial charge is 0.272 e. The van der Waals surface area contributed by atoms with E-state index in [9.17, 15) is 0 Å². The molecule has 0 spiro atoms. The Morgan fingerprint density at radius 3 is 1.60 bits per heavy atom. The van der Waals surface area contributed by atoms with Crippen LogP contribution in [0.15, 0.2) is 69.3 Å². The fourth-order valence-corrected chi connectivity index (χ4v) is 6.35. The normalized spacial score (nSPS) is 11.5. The van der Waals surface area contributed by atoms with E-state index in [4.69, 9.17) is 20.2 Å². The van der Waals surface area contributed by atoms with Gasteiger partial charge in [-0.1, -0.05) is 48.5 Å². The van der Waals surface area contributed by atoms with Crippen molar-refractivity contribution in [1.29, 1.82) is 0 Å². The number of rotatable bonds is 6. The number of fused-ring (bicyclic) bond motifs is 2. The van der Waals surface area contributed by atoms with E-state index in [1.807, 2.05) is 0 Å². The topological polar surface area (TPSA) is 77.8 Å². The highest BCUT2D eigenvalue weighted by Crippen LogP contribution is 2.31. The van der Waals surface area contributed by atoms with Gasteiger partial charge in [0.2, 0.25) is 0 Å². The summed E-state index contributed by atoms with van der Waals surface area (Å²) in [5.41, 5.74) is 7.12. The first kappa shape index (κ1) is 20.0. The maximum Gasteiger partial charge on any atom is 0.165 e. The Labute approximate surface area is 191 Å². The third-order valence-corrected chi connectivity index (χ3v) is 8.24. The number of hydrogen-bond donors (Lipinski definition) is 2. The first-order valence-corrected chi connectivity index (χ1v) is 12.7. The lowest BCUT2D eigenvalue weighted by atomic mass is 9.98. The van der Waals surface area contributed by atoms with E-state index in [0.29, 0.717) is 0 Å². The first-order valence-electron chi connectivity index (χ1n) is 9.31. The maximum atomic E-state index is 5.71. The fourth-order valence-electron chi connectivity index (χ4n) is 3.65. The summed E-state index contributed by atoms with van der Waals surface area (Å²) in [7, 11) is 0. The van der Waals surface area contributed by atoms with Crippen LogP contribution in [0.3, 0.4) is 0 Å². The van der Waals surface area contributed by atoms with Gasteiger partial charge in [-0.25, -0.2) is 9.97 Å². The van der Waals surface area contributed by atoms with Crippen molar-refractivity contribution >= 4 is 67.0 Å². The van der Waals surface area contributed by atoms with Crippen LogP contribution in [0, 0.1) is 0 Å². The second-order valence-corrected chi connectivity index (χ2v) is 10.7. The zero-order valence-corrected chi connectivity index (χ0v) is 19.1. The molecule has 5 aromatic rings. The monoisotopic (exact) mass is 466 g/mol. The van der Waals surface area contributed by atoms with Gasteiger partial charge >= 0.3 is 0 Å². The number of hydrogen-bond acceptors (Lipinski definition) is 8. The van der Waals surface area contributed by atoms with Gasteiger partial charge < -0.3 is 0 Å². The first-order chi connectivity index (χ1) is 14.7. The minimum Gasteiger partial charge on any atom is -0.272 e. The van der Waals surface area contributed by atoms with E-state index in [0.717, 1.165) is 32.6 Å². The lowest BCUT2D eigenvalue weighted by molar-refractivity contribution is 1.14. The molecule has 0 radical (unpaired) electrons. The Kier molecular flexibility index (Phi) is 5.77. The number of nitrogens with two attached hydrogens (primary N) is 2. The summed E-state index contributed by atoms with van der Waals surface area (Å²) in [5, 5.41) is 11.4. The van der Waals surface area contributed by atoms with Crippen LogP contribution in [0.25, 0.3) is 20.4 Å². The van der Waals surface area contributed by atoms with Crippen molar-refractivity contribution in [3.8, 4) is 0 Å². The summed E-state index contributed by atoms with van der Waals surface area (Å²) in [4.78, 5) is 9.40. The van der Waals surface area contributed by atoms with E-state index < -0.39 is 0 Å². The Bertz CT molecular complexity index is 1240. The summed E-state index contributed by atoms with van der Waals surface area (Å²) in [5.74, 6) is 0. The molecule has 0 fully saturated rings. The van der Waals surface area contributed by atoms with Gasteiger partial charge in [0.15, 0.2) is 8.68 Å². The number of nitrogens with zero attached hydrogens (tertiary/aromatic N) is 2. The molecule has 0 aliphatic rings. The van der Waals surface area contributed by atoms with Crippen LogP contribution >= 0.6 is 46.6 Å². The second kappa shape index (κ2) is 8.66. The standard InChI is InChI=1S/C22H18N4S4/c23-29-21-25-19-15(6-2-8-17(19)27-21)11-13-4-1-5-14(10-13)12-16-7-3-9-18-20(16)26-22(28-18)30-24/h1-10H,11-12,23-24H2. The quantitative estimate of drug-likeness (QED) is 0.298. The minimum atomic E-state index is 0.846. The molecule has 150 valence electrons. The van der Waals surface area contributed by atoms with Crippen molar-refractivity contribution in [3.05, 3.63) is 82.9 Å². The van der Waals surface area contributed by atoms with Crippen LogP contribution in [0.5, 0.6) is 0 Å². The molecule has 0 atom stereocenters. The average molecular weight is 467 g/mol. The van der Waals surface area contributed by atoms with Crippen molar-refractivity contribution in [2.45, 2.75) is 21.5 Å². The van der Waals surface area contributed by atoms with Crippen LogP contribution in [-0.2, 0) is 12.8 Å². The molecule has 0 bridgehead atoms. The lowest BCUT2D eigenvalue weighted by Gasteiger charge is -2.07. The molecule has 0 aliphatic heterocycles. The van der Waals surface area contributed by atoms with Crippen molar-refractivity contribution in [2.24, 2.45) is 10.3 Å². The Hall–Kier alpha value is -1.94.